The van der Waals surface area contributed by atoms with Crippen LogP contribution >= 0.6 is 23.2 Å². The van der Waals surface area contributed by atoms with Crippen molar-refractivity contribution in [1.82, 2.24) is 4.57 Å². The summed E-state index contributed by atoms with van der Waals surface area (Å²) in [6.45, 7) is 0. The van der Waals surface area contributed by atoms with Crippen LogP contribution in [0, 0.1) is 0 Å². The summed E-state index contributed by atoms with van der Waals surface area (Å²) < 4.78 is 9.67. The number of nitrogens with zero attached hydrogens (tertiary/aromatic N) is 2. The third-order valence-corrected chi connectivity index (χ3v) is 2.95. The van der Waals surface area contributed by atoms with E-state index in [2.05, 4.69) is 29.1 Å². The monoisotopic (exact) mass is 231 g/mol. The summed E-state index contributed by atoms with van der Waals surface area (Å²) in [5.41, 5.74) is 1.17. The van der Waals surface area contributed by atoms with Crippen LogP contribution in [0.5, 0.6) is 0 Å². The molecule has 0 aliphatic carbocycles. The van der Waals surface area contributed by atoms with Gasteiger partial charge in [0.25, 0.3) is 0 Å². The molecule has 0 atom stereocenters. The summed E-state index contributed by atoms with van der Waals surface area (Å²) in [6, 6.07) is 8.14. The van der Waals surface area contributed by atoms with Crippen molar-refractivity contribution in [3.8, 4) is 0 Å². The van der Waals surface area contributed by atoms with Gasteiger partial charge in [0.2, 0.25) is 4.80 Å². The molecule has 1 aromatic heterocycles. The lowest BCUT2D eigenvalue weighted by Gasteiger charge is -1.91. The van der Waals surface area contributed by atoms with Gasteiger partial charge in [0.1, 0.15) is 0 Å². The van der Waals surface area contributed by atoms with E-state index in [1.54, 1.807) is 11.3 Å². The highest BCUT2D eigenvalue weighted by Crippen LogP contribution is 2.14. The highest BCUT2D eigenvalue weighted by atomic mass is 35.5. The summed E-state index contributed by atoms with van der Waals surface area (Å²) in [7, 11) is 1.96. The molecule has 0 bridgehead atoms. The Morgan fingerprint density at radius 1 is 1.43 bits per heavy atom. The number of halogens is 1. The first-order valence-corrected chi connectivity index (χ1v) is 4.94. The van der Waals surface area contributed by atoms with Gasteiger partial charge >= 0.3 is 0 Å². The average molecular weight is 232 g/mol. The fourth-order valence-corrected chi connectivity index (χ4v) is 2.14. The number of para-hydroxylation sites is 1. The van der Waals surface area contributed by atoms with Gasteiger partial charge in [-0.25, -0.2) is 0 Å². The number of thiazole rings is 1. The molecule has 1 aromatic carbocycles. The zero-order chi connectivity index (χ0) is 10.6. The molecular formula is C8H10ClN3OS. The van der Waals surface area contributed by atoms with E-state index in [9.17, 15) is 0 Å². The van der Waals surface area contributed by atoms with E-state index in [1.807, 2.05) is 23.7 Å². The molecule has 4 nitrogen and oxygen atoms in total. The molecule has 6 heteroatoms. The van der Waals surface area contributed by atoms with Crippen LogP contribution < -0.4 is 10.6 Å². The second kappa shape index (κ2) is 4.99. The minimum absolute atomic E-state index is 0.844. The van der Waals surface area contributed by atoms with Crippen molar-refractivity contribution in [3.63, 3.8) is 0 Å². The molecule has 2 rings (SSSR count). The van der Waals surface area contributed by atoms with Gasteiger partial charge in [-0.1, -0.05) is 23.5 Å². The summed E-state index contributed by atoms with van der Waals surface area (Å²) in [5, 5.41) is 3.69. The number of nitrogens with two attached hydrogens (primary N) is 1. The smallest absolute Gasteiger partial charge is 0.208 e. The van der Waals surface area contributed by atoms with E-state index in [4.69, 9.17) is 10.5 Å². The molecule has 1 heterocycles. The lowest BCUT2D eigenvalue weighted by molar-refractivity contribution is 0.632. The molecule has 0 spiro atoms. The summed E-state index contributed by atoms with van der Waals surface area (Å²) in [4.78, 5) is 0.844. The summed E-state index contributed by atoms with van der Waals surface area (Å²) in [6.07, 6.45) is 0. The minimum Gasteiger partial charge on any atom is -0.320 e. The van der Waals surface area contributed by atoms with Gasteiger partial charge in [-0.2, -0.15) is 5.10 Å². The predicted octanol–water partition coefficient (Wildman–Crippen LogP) is 1.15. The van der Waals surface area contributed by atoms with Gasteiger partial charge in [-0.05, 0) is 12.1 Å². The lowest BCUT2D eigenvalue weighted by atomic mass is 10.3. The average Bonchev–Trinajstić information content (AvgIpc) is 2.59. The number of aryl methyl sites for hydroxylation is 1. The molecule has 0 unspecified atom stereocenters. The van der Waals surface area contributed by atoms with Gasteiger partial charge in [-0.15, -0.1) is 0 Å². The van der Waals surface area contributed by atoms with Crippen LogP contribution in [0.3, 0.4) is 0 Å². The van der Waals surface area contributed by atoms with Crippen LogP contribution in [-0.2, 0) is 7.05 Å². The predicted molar refractivity (Wildman–Crippen MR) is 58.6 cm³/mol. The number of hydrogen-bond acceptors (Lipinski definition) is 4. The molecule has 0 fully saturated rings. The van der Waals surface area contributed by atoms with Gasteiger partial charge in [0, 0.05) is 7.05 Å². The van der Waals surface area contributed by atoms with Crippen LogP contribution in [0.2, 0.25) is 0 Å². The quantitative estimate of drug-likeness (QED) is 0.528. The molecule has 14 heavy (non-hydrogen) atoms. The van der Waals surface area contributed by atoms with Crippen molar-refractivity contribution in [2.45, 2.75) is 0 Å². The molecule has 0 radical (unpaired) electrons. The van der Waals surface area contributed by atoms with E-state index < -0.39 is 0 Å². The van der Waals surface area contributed by atoms with Crippen LogP contribution in [0.15, 0.2) is 29.4 Å². The highest BCUT2D eigenvalue weighted by molar-refractivity contribution is 7.16. The molecule has 76 valence electrons. The molecule has 0 saturated heterocycles. The Labute approximate surface area is 90.0 Å². The first-order chi connectivity index (χ1) is 6.83. The van der Waals surface area contributed by atoms with Crippen molar-refractivity contribution in [2.75, 3.05) is 0 Å². The molecule has 0 aliphatic rings. The van der Waals surface area contributed by atoms with Crippen LogP contribution in [0.25, 0.3) is 10.2 Å². The van der Waals surface area contributed by atoms with Crippen molar-refractivity contribution < 1.29 is 4.66 Å². The number of rotatable bonds is 0. The molecular weight excluding hydrogens is 222 g/mol. The Kier molecular flexibility index (Phi) is 3.94. The van der Waals surface area contributed by atoms with Gasteiger partial charge in [0.05, 0.1) is 22.1 Å². The van der Waals surface area contributed by atoms with E-state index in [0.717, 1.165) is 4.80 Å². The first kappa shape index (κ1) is 11.0. The third-order valence-electron chi connectivity index (χ3n) is 1.83. The highest BCUT2D eigenvalue weighted by Gasteiger charge is 1.99. The van der Waals surface area contributed by atoms with E-state index in [1.165, 1.54) is 10.2 Å². The topological polar surface area (TPSA) is 63.5 Å². The second-order valence-electron chi connectivity index (χ2n) is 2.54. The van der Waals surface area contributed by atoms with Crippen LogP contribution in [-0.4, -0.2) is 9.23 Å². The number of fused-ring (bicyclic) bond motifs is 1. The number of aromatic nitrogens is 1. The molecule has 0 amide bonds. The van der Waals surface area contributed by atoms with E-state index >= 15 is 0 Å². The van der Waals surface area contributed by atoms with Crippen molar-refractivity contribution in [3.05, 3.63) is 29.1 Å². The Hall–Kier alpha value is -1.04. The molecule has 0 saturated carbocycles. The largest absolute Gasteiger partial charge is 0.320 e. The summed E-state index contributed by atoms with van der Waals surface area (Å²) in [5.74, 6) is 5.23. The standard InChI is InChI=1S/C8H9N3S.ClHO/c1-11-6-4-2-3-5-7(6)12-8(11)10-9;1-2/h2-5H,9H2,1H3;2H. The zero-order valence-corrected chi connectivity index (χ0v) is 9.09. The minimum atomic E-state index is 0.844. The van der Waals surface area contributed by atoms with E-state index in [-0.39, 0.29) is 0 Å². The second-order valence-corrected chi connectivity index (χ2v) is 3.55. The Morgan fingerprint density at radius 3 is 2.64 bits per heavy atom. The van der Waals surface area contributed by atoms with Crippen LogP contribution in [0.4, 0.5) is 0 Å². The number of benzene rings is 1. The normalized spacial score (nSPS) is 11.2. The SMILES string of the molecule is Cn1c(=NN)sc2ccccc21.OCl. The van der Waals surface area contributed by atoms with Gasteiger partial charge < -0.3 is 10.4 Å². The van der Waals surface area contributed by atoms with Crippen molar-refractivity contribution in [2.24, 2.45) is 18.0 Å². The Bertz CT molecular complexity index is 477. The molecule has 3 N–H and O–H groups in total. The Balaban J connectivity index is 0.000000461. The Morgan fingerprint density at radius 2 is 2.07 bits per heavy atom. The fraction of sp³-hybridized carbons (Fsp3) is 0.125. The molecule has 2 aromatic rings. The van der Waals surface area contributed by atoms with Crippen molar-refractivity contribution >= 4 is 33.4 Å². The number of hydrogen-bond donors (Lipinski definition) is 2. The van der Waals surface area contributed by atoms with Crippen molar-refractivity contribution in [1.29, 1.82) is 0 Å². The maximum Gasteiger partial charge on any atom is 0.208 e. The maximum absolute atomic E-state index is 6.47. The van der Waals surface area contributed by atoms with Crippen LogP contribution in [0.1, 0.15) is 0 Å². The van der Waals surface area contributed by atoms with E-state index in [0.29, 0.717) is 0 Å². The third kappa shape index (κ3) is 1.89. The first-order valence-electron chi connectivity index (χ1n) is 3.78. The zero-order valence-electron chi connectivity index (χ0n) is 7.51. The maximum atomic E-state index is 6.47. The van der Waals surface area contributed by atoms with Gasteiger partial charge in [-0.3, -0.25) is 4.66 Å². The fourth-order valence-electron chi connectivity index (χ4n) is 1.20. The van der Waals surface area contributed by atoms with Gasteiger partial charge in [0.15, 0.2) is 0 Å². The molecule has 0 aliphatic heterocycles. The lowest BCUT2D eigenvalue weighted by Crippen LogP contribution is -2.11. The summed E-state index contributed by atoms with van der Waals surface area (Å²) >= 11 is 5.23.